The van der Waals surface area contributed by atoms with Crippen LogP contribution in [0.15, 0.2) is 0 Å². The van der Waals surface area contributed by atoms with Crippen LogP contribution in [0.5, 0.6) is 0 Å². The summed E-state index contributed by atoms with van der Waals surface area (Å²) < 4.78 is 0. The molecule has 19 heavy (non-hydrogen) atoms. The molecule has 0 aromatic carbocycles. The fraction of sp³-hybridized carbons (Fsp3) is 0.846. The van der Waals surface area contributed by atoms with E-state index in [-0.39, 0.29) is 35.6 Å². The van der Waals surface area contributed by atoms with Crippen LogP contribution in [0.1, 0.15) is 45.4 Å². The van der Waals surface area contributed by atoms with Crippen LogP contribution in [-0.4, -0.2) is 40.7 Å². The van der Waals surface area contributed by atoms with Crippen molar-refractivity contribution in [3.05, 3.63) is 0 Å². The van der Waals surface area contributed by atoms with Gasteiger partial charge >= 0.3 is 6.03 Å². The second-order valence-electron chi connectivity index (χ2n) is 4.99. The summed E-state index contributed by atoms with van der Waals surface area (Å²) in [4.78, 5) is 23.1. The van der Waals surface area contributed by atoms with Gasteiger partial charge in [-0.25, -0.2) is 4.79 Å². The molecule has 0 saturated heterocycles. The fourth-order valence-corrected chi connectivity index (χ4v) is 2.89. The van der Waals surface area contributed by atoms with Crippen LogP contribution in [0.25, 0.3) is 0 Å². The van der Waals surface area contributed by atoms with Crippen LogP contribution in [-0.2, 0) is 4.79 Å². The third kappa shape index (κ3) is 7.42. The first kappa shape index (κ1) is 16.3. The first-order valence-corrected chi connectivity index (χ1v) is 7.99. The van der Waals surface area contributed by atoms with E-state index in [0.717, 1.165) is 25.7 Å². The molecule has 3 N–H and O–H groups in total. The van der Waals surface area contributed by atoms with Crippen LogP contribution in [0, 0.1) is 0 Å². The minimum Gasteiger partial charge on any atom is -0.396 e. The lowest BCUT2D eigenvalue weighted by molar-refractivity contribution is -0.117. The predicted octanol–water partition coefficient (Wildman–Crippen LogP) is 1.65. The average molecular weight is 288 g/mol. The molecule has 0 bridgehead atoms. The summed E-state index contributed by atoms with van der Waals surface area (Å²) in [6.45, 7) is 2.08. The summed E-state index contributed by atoms with van der Waals surface area (Å²) >= 11 is 1.45. The van der Waals surface area contributed by atoms with Gasteiger partial charge < -0.3 is 10.4 Å². The summed E-state index contributed by atoms with van der Waals surface area (Å²) in [5, 5.41) is 14.2. The summed E-state index contributed by atoms with van der Waals surface area (Å²) in [6.07, 6.45) is 6.19. The van der Waals surface area contributed by atoms with E-state index in [1.54, 1.807) is 0 Å². The van der Waals surface area contributed by atoms with Gasteiger partial charge in [0.05, 0.1) is 5.75 Å². The number of nitrogens with one attached hydrogen (secondary N) is 2. The maximum atomic E-state index is 11.6. The van der Waals surface area contributed by atoms with Crippen LogP contribution in [0.3, 0.4) is 0 Å². The van der Waals surface area contributed by atoms with E-state index in [1.807, 2.05) is 6.92 Å². The highest BCUT2D eigenvalue weighted by Crippen LogP contribution is 2.17. The second-order valence-corrected chi connectivity index (χ2v) is 6.42. The Balaban J connectivity index is 2.14. The minimum atomic E-state index is -0.382. The van der Waals surface area contributed by atoms with Crippen molar-refractivity contribution in [2.24, 2.45) is 0 Å². The molecule has 1 aliphatic rings. The maximum Gasteiger partial charge on any atom is 0.321 e. The number of carbonyl (C=O) groups is 2. The zero-order chi connectivity index (χ0) is 14.1. The molecule has 1 saturated carbocycles. The minimum absolute atomic E-state index is 0.123. The number of hydrogen-bond acceptors (Lipinski definition) is 4. The smallest absolute Gasteiger partial charge is 0.321 e. The Morgan fingerprint density at radius 3 is 2.63 bits per heavy atom. The molecule has 0 radical (unpaired) electrons. The van der Waals surface area contributed by atoms with Crippen LogP contribution in [0.2, 0.25) is 0 Å². The summed E-state index contributed by atoms with van der Waals surface area (Å²) in [5.41, 5.74) is 0. The van der Waals surface area contributed by atoms with Gasteiger partial charge in [-0.05, 0) is 19.3 Å². The standard InChI is InChI=1S/C13H24N2O3S/c1-10(7-8-16)19-9-12(17)15-13(18)14-11-5-3-2-4-6-11/h10-11,16H,2-9H2,1H3,(H2,14,15,17,18). The van der Waals surface area contributed by atoms with Crippen molar-refractivity contribution in [2.45, 2.75) is 56.7 Å². The number of aliphatic hydroxyl groups is 1. The van der Waals surface area contributed by atoms with Crippen molar-refractivity contribution in [3.63, 3.8) is 0 Å². The predicted molar refractivity (Wildman–Crippen MR) is 77.2 cm³/mol. The summed E-state index contributed by atoms with van der Waals surface area (Å²) in [5.74, 6) is -0.0256. The van der Waals surface area contributed by atoms with Crippen molar-refractivity contribution in [1.29, 1.82) is 0 Å². The SMILES string of the molecule is CC(CCO)SCC(=O)NC(=O)NC1CCCCC1. The van der Waals surface area contributed by atoms with Gasteiger partial charge in [0.25, 0.3) is 0 Å². The maximum absolute atomic E-state index is 11.6. The molecule has 0 heterocycles. The Labute approximate surface area is 118 Å². The molecule has 6 heteroatoms. The van der Waals surface area contributed by atoms with Gasteiger partial charge in [0, 0.05) is 17.9 Å². The highest BCUT2D eigenvalue weighted by Gasteiger charge is 2.17. The van der Waals surface area contributed by atoms with E-state index in [0.29, 0.717) is 6.42 Å². The van der Waals surface area contributed by atoms with E-state index >= 15 is 0 Å². The number of aliphatic hydroxyl groups excluding tert-OH is 1. The van der Waals surface area contributed by atoms with Gasteiger partial charge in [-0.3, -0.25) is 10.1 Å². The summed E-state index contributed by atoms with van der Waals surface area (Å²) in [7, 11) is 0. The quantitative estimate of drug-likeness (QED) is 0.694. The Kier molecular flexibility index (Phi) is 7.90. The molecule has 0 spiro atoms. The highest BCUT2D eigenvalue weighted by atomic mass is 32.2. The van der Waals surface area contributed by atoms with Crippen LogP contribution >= 0.6 is 11.8 Å². The third-order valence-corrected chi connectivity index (χ3v) is 4.46. The zero-order valence-electron chi connectivity index (χ0n) is 11.5. The van der Waals surface area contributed by atoms with Gasteiger partial charge in [-0.1, -0.05) is 26.2 Å². The number of rotatable bonds is 6. The van der Waals surface area contributed by atoms with Crippen molar-refractivity contribution >= 4 is 23.7 Å². The number of carbonyl (C=O) groups excluding carboxylic acids is 2. The van der Waals surface area contributed by atoms with Crippen LogP contribution < -0.4 is 10.6 Å². The van der Waals surface area contributed by atoms with Gasteiger partial charge in [0.15, 0.2) is 0 Å². The third-order valence-electron chi connectivity index (χ3n) is 3.23. The van der Waals surface area contributed by atoms with Crippen LogP contribution in [0.4, 0.5) is 4.79 Å². The lowest BCUT2D eigenvalue weighted by atomic mass is 9.96. The lowest BCUT2D eigenvalue weighted by Gasteiger charge is -2.22. The van der Waals surface area contributed by atoms with E-state index in [1.165, 1.54) is 18.2 Å². The van der Waals surface area contributed by atoms with Crippen molar-refractivity contribution in [3.8, 4) is 0 Å². The van der Waals surface area contributed by atoms with Gasteiger partial charge in [0.2, 0.25) is 5.91 Å². The van der Waals surface area contributed by atoms with Gasteiger partial charge in [0.1, 0.15) is 0 Å². The molecule has 5 nitrogen and oxygen atoms in total. The molecule has 3 amide bonds. The van der Waals surface area contributed by atoms with Crippen molar-refractivity contribution in [2.75, 3.05) is 12.4 Å². The Hall–Kier alpha value is -0.750. The van der Waals surface area contributed by atoms with Crippen molar-refractivity contribution in [1.82, 2.24) is 10.6 Å². The zero-order valence-corrected chi connectivity index (χ0v) is 12.3. The topological polar surface area (TPSA) is 78.4 Å². The molecule has 0 aromatic heterocycles. The molecular weight excluding hydrogens is 264 g/mol. The molecule has 1 rings (SSSR count). The van der Waals surface area contributed by atoms with Gasteiger partial charge in [-0.15, -0.1) is 11.8 Å². The number of thioether (sulfide) groups is 1. The molecule has 1 atom stereocenters. The monoisotopic (exact) mass is 288 g/mol. The number of hydrogen-bond donors (Lipinski definition) is 3. The highest BCUT2D eigenvalue weighted by molar-refractivity contribution is 8.00. The molecule has 1 fully saturated rings. The summed E-state index contributed by atoms with van der Waals surface area (Å²) in [6, 6.07) is -0.171. The number of urea groups is 1. The molecule has 0 aromatic rings. The molecular formula is C13H24N2O3S. The normalized spacial score (nSPS) is 17.8. The van der Waals surface area contributed by atoms with E-state index < -0.39 is 0 Å². The Morgan fingerprint density at radius 2 is 2.00 bits per heavy atom. The first-order chi connectivity index (χ1) is 9.11. The second kappa shape index (κ2) is 9.20. The van der Waals surface area contributed by atoms with Gasteiger partial charge in [-0.2, -0.15) is 0 Å². The largest absolute Gasteiger partial charge is 0.396 e. The Bertz CT molecular complexity index is 294. The van der Waals surface area contributed by atoms with Crippen molar-refractivity contribution < 1.29 is 14.7 Å². The molecule has 110 valence electrons. The fourth-order valence-electron chi connectivity index (χ4n) is 2.11. The Morgan fingerprint density at radius 1 is 1.32 bits per heavy atom. The van der Waals surface area contributed by atoms with E-state index in [9.17, 15) is 9.59 Å². The number of imide groups is 1. The van der Waals surface area contributed by atoms with E-state index in [4.69, 9.17) is 5.11 Å². The lowest BCUT2D eigenvalue weighted by Crippen LogP contribution is -2.45. The van der Waals surface area contributed by atoms with E-state index in [2.05, 4.69) is 10.6 Å². The molecule has 0 aliphatic heterocycles. The molecule has 1 unspecified atom stereocenters. The number of amides is 3. The average Bonchev–Trinajstić information content (AvgIpc) is 2.38. The molecule has 1 aliphatic carbocycles. The first-order valence-electron chi connectivity index (χ1n) is 6.94.